The molecule has 6 heteroatoms. The van der Waals surface area contributed by atoms with Crippen LogP contribution in [0.3, 0.4) is 0 Å². The minimum atomic E-state index is -0.288. The Hall–Kier alpha value is -1.91. The second kappa shape index (κ2) is 6.70. The summed E-state index contributed by atoms with van der Waals surface area (Å²) < 4.78 is 5.13. The number of nitrogens with two attached hydrogens (primary N) is 1. The van der Waals surface area contributed by atoms with Gasteiger partial charge in [-0.15, -0.1) is 0 Å². The molecular weight excluding hydrogens is 311 g/mol. The van der Waals surface area contributed by atoms with E-state index in [1.807, 2.05) is 6.07 Å². The van der Waals surface area contributed by atoms with Gasteiger partial charge in [-0.25, -0.2) is 0 Å². The average Bonchev–Trinajstić information content (AvgIpc) is 2.48. The highest BCUT2D eigenvalue weighted by Gasteiger charge is 2.10. The second-order valence-electron chi connectivity index (χ2n) is 4.38. The topological polar surface area (TPSA) is 64.3 Å². The van der Waals surface area contributed by atoms with Crippen molar-refractivity contribution in [2.24, 2.45) is 0 Å². The van der Waals surface area contributed by atoms with Gasteiger partial charge in [-0.3, -0.25) is 4.79 Å². The van der Waals surface area contributed by atoms with E-state index >= 15 is 0 Å². The summed E-state index contributed by atoms with van der Waals surface area (Å²) in [6.45, 7) is 0.332. The third-order valence-electron chi connectivity index (χ3n) is 2.93. The van der Waals surface area contributed by atoms with Gasteiger partial charge in [0.25, 0.3) is 5.91 Å². The van der Waals surface area contributed by atoms with Crippen LogP contribution in [-0.4, -0.2) is 13.0 Å². The van der Waals surface area contributed by atoms with E-state index in [0.29, 0.717) is 33.6 Å². The SMILES string of the molecule is COc1cc(CNC(=O)c2cc(Cl)ccc2N)ccc1Cl. The van der Waals surface area contributed by atoms with Crippen molar-refractivity contribution < 1.29 is 9.53 Å². The minimum Gasteiger partial charge on any atom is -0.495 e. The summed E-state index contributed by atoms with van der Waals surface area (Å²) in [4.78, 5) is 12.1. The summed E-state index contributed by atoms with van der Waals surface area (Å²) in [5, 5.41) is 3.76. The summed E-state index contributed by atoms with van der Waals surface area (Å²) >= 11 is 11.8. The van der Waals surface area contributed by atoms with E-state index in [1.165, 1.54) is 13.2 Å². The first-order chi connectivity index (χ1) is 10.0. The first-order valence-corrected chi connectivity index (χ1v) is 6.92. The molecule has 0 bridgehead atoms. The van der Waals surface area contributed by atoms with Crippen molar-refractivity contribution in [1.82, 2.24) is 5.32 Å². The molecule has 0 fully saturated rings. The van der Waals surface area contributed by atoms with E-state index in [0.717, 1.165) is 5.56 Å². The molecule has 0 saturated carbocycles. The fraction of sp³-hybridized carbons (Fsp3) is 0.133. The lowest BCUT2D eigenvalue weighted by molar-refractivity contribution is 0.0952. The Kier molecular flexibility index (Phi) is 4.94. The van der Waals surface area contributed by atoms with Crippen molar-refractivity contribution in [2.75, 3.05) is 12.8 Å². The van der Waals surface area contributed by atoms with E-state index in [2.05, 4.69) is 5.32 Å². The van der Waals surface area contributed by atoms with Crippen LogP contribution < -0.4 is 15.8 Å². The lowest BCUT2D eigenvalue weighted by Crippen LogP contribution is -2.23. The van der Waals surface area contributed by atoms with Crippen molar-refractivity contribution in [3.63, 3.8) is 0 Å². The van der Waals surface area contributed by atoms with Gasteiger partial charge in [0.2, 0.25) is 0 Å². The number of nitrogen functional groups attached to an aromatic ring is 1. The summed E-state index contributed by atoms with van der Waals surface area (Å²) in [6.07, 6.45) is 0. The first kappa shape index (κ1) is 15.5. The van der Waals surface area contributed by atoms with Crippen LogP contribution in [0.4, 0.5) is 5.69 Å². The molecule has 0 spiro atoms. The Balaban J connectivity index is 2.09. The Morgan fingerprint density at radius 3 is 2.71 bits per heavy atom. The number of anilines is 1. The zero-order chi connectivity index (χ0) is 15.4. The van der Waals surface area contributed by atoms with Gasteiger partial charge in [-0.05, 0) is 35.9 Å². The summed E-state index contributed by atoms with van der Waals surface area (Å²) in [6, 6.07) is 10.1. The lowest BCUT2D eigenvalue weighted by atomic mass is 10.1. The number of benzene rings is 2. The predicted molar refractivity (Wildman–Crippen MR) is 85.0 cm³/mol. The summed E-state index contributed by atoms with van der Waals surface area (Å²) in [7, 11) is 1.54. The molecule has 0 atom stereocenters. The molecule has 3 N–H and O–H groups in total. The summed E-state index contributed by atoms with van der Waals surface area (Å²) in [5.74, 6) is 0.273. The van der Waals surface area contributed by atoms with E-state index in [4.69, 9.17) is 33.7 Å². The monoisotopic (exact) mass is 324 g/mol. The maximum absolute atomic E-state index is 12.1. The first-order valence-electron chi connectivity index (χ1n) is 6.17. The van der Waals surface area contributed by atoms with Crippen LogP contribution in [0.5, 0.6) is 5.75 Å². The molecule has 0 aliphatic rings. The van der Waals surface area contributed by atoms with Gasteiger partial charge in [0, 0.05) is 17.3 Å². The van der Waals surface area contributed by atoms with Crippen molar-refractivity contribution in [1.29, 1.82) is 0 Å². The number of nitrogens with one attached hydrogen (secondary N) is 1. The van der Waals surface area contributed by atoms with Gasteiger partial charge >= 0.3 is 0 Å². The Labute approximate surface area is 132 Å². The molecule has 2 rings (SSSR count). The van der Waals surface area contributed by atoms with Crippen LogP contribution >= 0.6 is 23.2 Å². The standard InChI is InChI=1S/C15H14Cl2N2O2/c1-21-14-6-9(2-4-12(14)17)8-19-15(20)11-7-10(16)3-5-13(11)18/h2-7H,8,18H2,1H3,(H,19,20). The maximum Gasteiger partial charge on any atom is 0.253 e. The van der Waals surface area contributed by atoms with Gasteiger partial charge in [-0.1, -0.05) is 29.3 Å². The Morgan fingerprint density at radius 1 is 1.24 bits per heavy atom. The predicted octanol–water partition coefficient (Wildman–Crippen LogP) is 3.51. The number of carbonyl (C=O) groups excluding carboxylic acids is 1. The average molecular weight is 325 g/mol. The third kappa shape index (κ3) is 3.80. The lowest BCUT2D eigenvalue weighted by Gasteiger charge is -2.09. The van der Waals surface area contributed by atoms with Gasteiger partial charge in [0.05, 0.1) is 17.7 Å². The smallest absolute Gasteiger partial charge is 0.253 e. The molecule has 110 valence electrons. The van der Waals surface area contributed by atoms with E-state index in [9.17, 15) is 4.79 Å². The largest absolute Gasteiger partial charge is 0.495 e. The highest BCUT2D eigenvalue weighted by atomic mass is 35.5. The molecule has 0 heterocycles. The molecule has 2 aromatic carbocycles. The molecule has 4 nitrogen and oxygen atoms in total. The number of hydrogen-bond donors (Lipinski definition) is 2. The second-order valence-corrected chi connectivity index (χ2v) is 5.23. The molecule has 0 aromatic heterocycles. The van der Waals surface area contributed by atoms with Crippen LogP contribution in [0.2, 0.25) is 10.0 Å². The fourth-order valence-corrected chi connectivity index (χ4v) is 2.18. The molecule has 1 amide bonds. The summed E-state index contributed by atoms with van der Waals surface area (Å²) in [5.41, 5.74) is 7.36. The van der Waals surface area contributed by atoms with Crippen LogP contribution in [0.15, 0.2) is 36.4 Å². The fourth-order valence-electron chi connectivity index (χ4n) is 1.82. The van der Waals surface area contributed by atoms with Crippen LogP contribution in [-0.2, 0) is 6.54 Å². The number of methoxy groups -OCH3 is 1. The van der Waals surface area contributed by atoms with Gasteiger partial charge in [0.15, 0.2) is 0 Å². The molecule has 0 unspecified atom stereocenters. The molecule has 0 aliphatic carbocycles. The van der Waals surface area contributed by atoms with Crippen molar-refractivity contribution in [3.8, 4) is 5.75 Å². The van der Waals surface area contributed by atoms with E-state index in [1.54, 1.807) is 24.3 Å². The zero-order valence-electron chi connectivity index (χ0n) is 11.3. The Bertz CT molecular complexity index is 675. The van der Waals surface area contributed by atoms with Gasteiger partial charge in [0.1, 0.15) is 5.75 Å². The Morgan fingerprint density at radius 2 is 2.00 bits per heavy atom. The van der Waals surface area contributed by atoms with E-state index < -0.39 is 0 Å². The number of amides is 1. The highest BCUT2D eigenvalue weighted by molar-refractivity contribution is 6.32. The highest BCUT2D eigenvalue weighted by Crippen LogP contribution is 2.25. The van der Waals surface area contributed by atoms with Crippen LogP contribution in [0.25, 0.3) is 0 Å². The van der Waals surface area contributed by atoms with Crippen molar-refractivity contribution in [3.05, 3.63) is 57.6 Å². The molecule has 2 aromatic rings. The zero-order valence-corrected chi connectivity index (χ0v) is 12.8. The number of halogens is 2. The normalized spacial score (nSPS) is 10.2. The molecule has 0 radical (unpaired) electrons. The van der Waals surface area contributed by atoms with Gasteiger partial charge in [-0.2, -0.15) is 0 Å². The third-order valence-corrected chi connectivity index (χ3v) is 3.48. The van der Waals surface area contributed by atoms with Crippen molar-refractivity contribution in [2.45, 2.75) is 6.54 Å². The van der Waals surface area contributed by atoms with E-state index in [-0.39, 0.29) is 5.91 Å². The van der Waals surface area contributed by atoms with Crippen LogP contribution in [0, 0.1) is 0 Å². The van der Waals surface area contributed by atoms with Crippen molar-refractivity contribution >= 4 is 34.8 Å². The molecule has 21 heavy (non-hydrogen) atoms. The molecule has 0 saturated heterocycles. The number of hydrogen-bond acceptors (Lipinski definition) is 3. The number of ether oxygens (including phenoxy) is 1. The number of rotatable bonds is 4. The minimum absolute atomic E-state index is 0.288. The maximum atomic E-state index is 12.1. The number of carbonyl (C=O) groups is 1. The van der Waals surface area contributed by atoms with Crippen LogP contribution in [0.1, 0.15) is 15.9 Å². The quantitative estimate of drug-likeness (QED) is 0.846. The molecular formula is C15H14Cl2N2O2. The van der Waals surface area contributed by atoms with Gasteiger partial charge < -0.3 is 15.8 Å². The molecule has 0 aliphatic heterocycles.